The molecule has 0 aromatic heterocycles. The monoisotopic (exact) mass is 527 g/mol. The van der Waals surface area contributed by atoms with Crippen molar-refractivity contribution in [2.24, 2.45) is 11.3 Å². The Kier molecular flexibility index (Phi) is 8.28. The maximum Gasteiger partial charge on any atom is 0.416 e. The fraction of sp³-hybridized carbons (Fsp3) is 0.714. The van der Waals surface area contributed by atoms with Gasteiger partial charge in [0.25, 0.3) is 0 Å². The summed E-state index contributed by atoms with van der Waals surface area (Å²) in [6, 6.07) is 4.68. The summed E-state index contributed by atoms with van der Waals surface area (Å²) >= 11 is 0. The van der Waals surface area contributed by atoms with E-state index in [1.165, 1.54) is 12.1 Å². The highest BCUT2D eigenvalue weighted by atomic mass is 19.4. The summed E-state index contributed by atoms with van der Waals surface area (Å²) in [4.78, 5) is 28.4. The van der Waals surface area contributed by atoms with Crippen molar-refractivity contribution in [3.8, 4) is 0 Å². The molecule has 208 valence electrons. The average molecular weight is 528 g/mol. The zero-order valence-electron chi connectivity index (χ0n) is 22.7. The molecule has 0 radical (unpaired) electrons. The molecule has 1 aromatic rings. The summed E-state index contributed by atoms with van der Waals surface area (Å²) in [6.07, 6.45) is -4.18. The number of carbonyl (C=O) groups is 2. The predicted molar refractivity (Wildman–Crippen MR) is 133 cm³/mol. The molecule has 3 fully saturated rings. The second kappa shape index (κ2) is 10.5. The van der Waals surface area contributed by atoms with Crippen LogP contribution in [-0.4, -0.2) is 52.5 Å². The van der Waals surface area contributed by atoms with Gasteiger partial charge in [0.2, 0.25) is 0 Å². The normalized spacial score (nSPS) is 27.8. The van der Waals surface area contributed by atoms with Crippen molar-refractivity contribution in [2.75, 3.05) is 13.2 Å². The molecule has 2 atom stereocenters. The van der Waals surface area contributed by atoms with Crippen LogP contribution in [0.15, 0.2) is 24.3 Å². The van der Waals surface area contributed by atoms with Crippen molar-refractivity contribution < 1.29 is 37.3 Å². The molecule has 37 heavy (non-hydrogen) atoms. The van der Waals surface area contributed by atoms with E-state index in [-0.39, 0.29) is 12.5 Å². The lowest BCUT2D eigenvalue weighted by Gasteiger charge is -2.62. The number of nitrogens with zero attached hydrogens (tertiary/aromatic N) is 1. The molecule has 1 aromatic carbocycles. The first-order valence-corrected chi connectivity index (χ1v) is 13.1. The maximum absolute atomic E-state index is 13.6. The predicted octanol–water partition coefficient (Wildman–Crippen LogP) is 6.31. The van der Waals surface area contributed by atoms with Crippen molar-refractivity contribution in [2.45, 2.75) is 103 Å². The van der Waals surface area contributed by atoms with Gasteiger partial charge in [0.15, 0.2) is 0 Å². The molecule has 0 aliphatic heterocycles. The highest BCUT2D eigenvalue weighted by Gasteiger charge is 2.66. The van der Waals surface area contributed by atoms with Crippen LogP contribution in [-0.2, 0) is 20.4 Å². The van der Waals surface area contributed by atoms with Crippen molar-refractivity contribution >= 4 is 12.1 Å². The first kappa shape index (κ1) is 29.3. The van der Waals surface area contributed by atoms with Crippen LogP contribution in [0.3, 0.4) is 0 Å². The number of aliphatic hydroxyl groups excluding tert-OH is 1. The summed E-state index contributed by atoms with van der Waals surface area (Å²) in [5.74, 6) is -1.01. The Balaban J connectivity index is 2.14. The molecule has 0 unspecified atom stereocenters. The highest BCUT2D eigenvalue weighted by molar-refractivity contribution is 5.79. The van der Waals surface area contributed by atoms with Crippen LogP contribution in [0.2, 0.25) is 0 Å². The summed E-state index contributed by atoms with van der Waals surface area (Å²) in [5.41, 5.74) is -3.21. The third-order valence-corrected chi connectivity index (χ3v) is 7.83. The van der Waals surface area contributed by atoms with E-state index in [0.717, 1.165) is 12.1 Å². The van der Waals surface area contributed by atoms with Gasteiger partial charge < -0.3 is 19.5 Å². The fourth-order valence-corrected chi connectivity index (χ4v) is 5.96. The Morgan fingerprint density at radius 1 is 1.08 bits per heavy atom. The first-order valence-electron chi connectivity index (χ1n) is 13.1. The number of halogens is 3. The maximum atomic E-state index is 13.6. The van der Waals surface area contributed by atoms with Gasteiger partial charge in [-0.05, 0) is 83.4 Å². The largest absolute Gasteiger partial charge is 0.465 e. The van der Waals surface area contributed by atoms with Crippen molar-refractivity contribution in [3.05, 3.63) is 35.4 Å². The van der Waals surface area contributed by atoms with E-state index in [0.29, 0.717) is 44.2 Å². The van der Waals surface area contributed by atoms with Crippen LogP contribution in [0.5, 0.6) is 0 Å². The molecule has 4 rings (SSSR count). The lowest BCUT2D eigenvalue weighted by molar-refractivity contribution is -0.191. The smallest absolute Gasteiger partial charge is 0.416 e. The van der Waals surface area contributed by atoms with Crippen molar-refractivity contribution in [3.63, 3.8) is 0 Å². The Labute approximate surface area is 217 Å². The number of rotatable bonds is 7. The van der Waals surface area contributed by atoms with Gasteiger partial charge in [-0.2, -0.15) is 13.2 Å². The molecular formula is C28H40F3NO5. The average Bonchev–Trinajstić information content (AvgIpc) is 2.78. The fourth-order valence-electron chi connectivity index (χ4n) is 5.96. The van der Waals surface area contributed by atoms with E-state index >= 15 is 0 Å². The Morgan fingerprint density at radius 2 is 1.65 bits per heavy atom. The summed E-state index contributed by atoms with van der Waals surface area (Å²) in [7, 11) is 0. The van der Waals surface area contributed by atoms with E-state index in [9.17, 15) is 27.9 Å². The van der Waals surface area contributed by atoms with Gasteiger partial charge in [0, 0.05) is 12.5 Å². The quantitative estimate of drug-likeness (QED) is 0.421. The first-order chi connectivity index (χ1) is 17.1. The topological polar surface area (TPSA) is 76.1 Å². The zero-order chi connectivity index (χ0) is 27.8. The molecule has 3 saturated carbocycles. The molecule has 3 aliphatic carbocycles. The van der Waals surface area contributed by atoms with Gasteiger partial charge >= 0.3 is 18.2 Å². The molecule has 2 bridgehead atoms. The van der Waals surface area contributed by atoms with Crippen molar-refractivity contribution in [1.82, 2.24) is 4.90 Å². The van der Waals surface area contributed by atoms with Crippen molar-refractivity contribution in [1.29, 1.82) is 0 Å². The van der Waals surface area contributed by atoms with Crippen LogP contribution in [0.25, 0.3) is 0 Å². The van der Waals surface area contributed by atoms with E-state index in [2.05, 4.69) is 0 Å². The molecule has 1 N–H and O–H groups in total. The highest BCUT2D eigenvalue weighted by Crippen LogP contribution is 2.61. The Bertz CT molecular complexity index is 960. The number of hydrogen-bond donors (Lipinski definition) is 1. The zero-order valence-corrected chi connectivity index (χ0v) is 22.7. The van der Waals surface area contributed by atoms with E-state index in [1.54, 1.807) is 32.6 Å². The Hall–Kier alpha value is -2.29. The van der Waals surface area contributed by atoms with Gasteiger partial charge in [-0.3, -0.25) is 4.79 Å². The standard InChI is InChI=1S/C28H40F3NO5/c1-7-36-23(34)26-13-15-27(16-14-26,32(17-12-18(2)3)24(35)37-25(4,5)6)21(22(26)33)19-8-10-20(11-9-19)28(29,30)31/h8-11,18,21-22,33H,7,12-17H2,1-6H3/t21-,22+,26?,27?/m1/s1. The minimum absolute atomic E-state index is 0.155. The summed E-state index contributed by atoms with van der Waals surface area (Å²) in [5, 5.41) is 11.8. The van der Waals surface area contributed by atoms with E-state index in [4.69, 9.17) is 9.47 Å². The minimum Gasteiger partial charge on any atom is -0.465 e. The number of ether oxygens (including phenoxy) is 2. The molecule has 0 heterocycles. The third kappa shape index (κ3) is 5.76. The summed E-state index contributed by atoms with van der Waals surface area (Å²) in [6.45, 7) is 11.6. The third-order valence-electron chi connectivity index (χ3n) is 7.83. The van der Waals surface area contributed by atoms with Crippen LogP contribution < -0.4 is 0 Å². The lowest BCUT2D eigenvalue weighted by Crippen LogP contribution is -2.69. The van der Waals surface area contributed by atoms with Crippen LogP contribution in [0.1, 0.15) is 90.7 Å². The molecule has 1 amide bonds. The molecule has 9 heteroatoms. The van der Waals surface area contributed by atoms with Crippen LogP contribution >= 0.6 is 0 Å². The van der Waals surface area contributed by atoms with Crippen LogP contribution in [0.4, 0.5) is 18.0 Å². The van der Waals surface area contributed by atoms with Gasteiger partial charge in [0.1, 0.15) is 5.60 Å². The van der Waals surface area contributed by atoms with E-state index in [1.807, 2.05) is 13.8 Å². The number of carbonyl (C=O) groups excluding carboxylic acids is 2. The second-order valence-corrected chi connectivity index (χ2v) is 11.8. The SMILES string of the molecule is CCOC(=O)C12CCC(N(CCC(C)C)C(=O)OC(C)(C)C)(CC1)[C@H](c1ccc(C(F)(F)F)cc1)[C@@H]2O. The number of fused-ring (bicyclic) bond motifs is 3. The summed E-state index contributed by atoms with van der Waals surface area (Å²) < 4.78 is 51.0. The number of hydrogen-bond acceptors (Lipinski definition) is 5. The number of aliphatic hydroxyl groups is 1. The molecular weight excluding hydrogens is 487 g/mol. The number of alkyl halides is 3. The van der Waals surface area contributed by atoms with Gasteiger partial charge in [-0.1, -0.05) is 26.0 Å². The lowest BCUT2D eigenvalue weighted by atomic mass is 9.49. The minimum atomic E-state index is -4.51. The Morgan fingerprint density at radius 3 is 2.11 bits per heavy atom. The molecule has 0 spiro atoms. The number of esters is 1. The van der Waals surface area contributed by atoms with Crippen LogP contribution in [0, 0.1) is 11.3 Å². The van der Waals surface area contributed by atoms with Gasteiger partial charge in [0.05, 0.1) is 29.2 Å². The van der Waals surface area contributed by atoms with Gasteiger partial charge in [-0.15, -0.1) is 0 Å². The number of amides is 1. The van der Waals surface area contributed by atoms with Gasteiger partial charge in [-0.25, -0.2) is 4.79 Å². The second-order valence-electron chi connectivity index (χ2n) is 11.8. The molecule has 6 nitrogen and oxygen atoms in total. The molecule has 0 saturated heterocycles. The number of benzene rings is 1. The van der Waals surface area contributed by atoms with E-state index < -0.39 is 52.4 Å². The molecule has 3 aliphatic rings.